The molecule has 0 heterocycles. The fraction of sp³-hybridized carbons (Fsp3) is 0.280. The highest BCUT2D eigenvalue weighted by Gasteiger charge is 2.25. The van der Waals surface area contributed by atoms with Gasteiger partial charge in [-0.15, -0.1) is 0 Å². The molecule has 0 N–H and O–H groups in total. The molecule has 0 bridgehead atoms. The van der Waals surface area contributed by atoms with E-state index in [9.17, 15) is 8.42 Å². The van der Waals surface area contributed by atoms with E-state index < -0.39 is 10.0 Å². The summed E-state index contributed by atoms with van der Waals surface area (Å²) in [6, 6.07) is 14.7. The zero-order valence-corrected chi connectivity index (χ0v) is 20.0. The number of aryl methyl sites for hydroxylation is 1. The Kier molecular flexibility index (Phi) is 7.36. The van der Waals surface area contributed by atoms with Gasteiger partial charge in [0.25, 0.3) is 0 Å². The highest BCUT2D eigenvalue weighted by Crippen LogP contribution is 2.26. The van der Waals surface area contributed by atoms with Gasteiger partial charge in [0.2, 0.25) is 10.0 Å². The predicted molar refractivity (Wildman–Crippen MR) is 127 cm³/mol. The van der Waals surface area contributed by atoms with Gasteiger partial charge >= 0.3 is 0 Å². The van der Waals surface area contributed by atoms with Crippen molar-refractivity contribution in [2.75, 3.05) is 13.1 Å². The van der Waals surface area contributed by atoms with Gasteiger partial charge < -0.3 is 0 Å². The molecule has 0 aliphatic heterocycles. The topological polar surface area (TPSA) is 37.4 Å². The summed E-state index contributed by atoms with van der Waals surface area (Å²) in [7, 11) is -3.65. The van der Waals surface area contributed by atoms with Crippen molar-refractivity contribution in [3.8, 4) is 11.8 Å². The van der Waals surface area contributed by atoms with Crippen molar-refractivity contribution in [1.82, 2.24) is 4.31 Å². The molecule has 0 fully saturated rings. The van der Waals surface area contributed by atoms with Crippen LogP contribution in [0.4, 0.5) is 0 Å². The summed E-state index contributed by atoms with van der Waals surface area (Å²) < 4.78 is 29.2. The van der Waals surface area contributed by atoms with Crippen LogP contribution in [0, 0.1) is 18.8 Å². The lowest BCUT2D eigenvalue weighted by molar-refractivity contribution is 0.467. The average Bonchev–Trinajstić information content (AvgIpc) is 2.71. The second-order valence-electron chi connectivity index (χ2n) is 7.67. The number of rotatable bonds is 5. The van der Waals surface area contributed by atoms with Crippen LogP contribution in [0.2, 0.25) is 0 Å². The molecule has 0 amide bonds. The third-order valence-electron chi connectivity index (χ3n) is 5.31. The van der Waals surface area contributed by atoms with E-state index in [0.717, 1.165) is 34.0 Å². The lowest BCUT2D eigenvalue weighted by Gasteiger charge is -2.24. The van der Waals surface area contributed by atoms with E-state index in [-0.39, 0.29) is 6.54 Å². The Bertz CT molecular complexity index is 1150. The summed E-state index contributed by atoms with van der Waals surface area (Å²) in [6.07, 6.45) is 3.84. The molecule has 0 saturated carbocycles. The first-order chi connectivity index (χ1) is 14.3. The molecule has 0 radical (unpaired) electrons. The lowest BCUT2D eigenvalue weighted by atomic mass is 9.93. The van der Waals surface area contributed by atoms with Crippen LogP contribution in [-0.2, 0) is 10.0 Å². The number of sulfonamides is 1. The number of benzene rings is 2. The van der Waals surface area contributed by atoms with E-state index in [4.69, 9.17) is 0 Å². The Morgan fingerprint density at radius 1 is 1.00 bits per heavy atom. The van der Waals surface area contributed by atoms with Gasteiger partial charge in [0, 0.05) is 16.6 Å². The molecule has 5 heteroatoms. The van der Waals surface area contributed by atoms with Gasteiger partial charge in [0.15, 0.2) is 0 Å². The van der Waals surface area contributed by atoms with Crippen molar-refractivity contribution in [1.29, 1.82) is 0 Å². The standard InChI is InChI=1S/C25H26BrNO2S/c1-19-10-14-24(15-11-19)30(28,29)27(18-22-13-12-20(2)21(3)17-22)16-6-8-23-7-4-5-9-25(23)26/h4-5,7,9-11,13-15H,12,16-18H2,1-3H3. The highest BCUT2D eigenvalue weighted by molar-refractivity contribution is 9.10. The van der Waals surface area contributed by atoms with Crippen molar-refractivity contribution in [2.24, 2.45) is 0 Å². The van der Waals surface area contributed by atoms with E-state index in [1.807, 2.05) is 43.3 Å². The van der Waals surface area contributed by atoms with Gasteiger partial charge in [0.1, 0.15) is 0 Å². The summed E-state index contributed by atoms with van der Waals surface area (Å²) in [5.74, 6) is 6.16. The van der Waals surface area contributed by atoms with Crippen LogP contribution in [0.3, 0.4) is 0 Å². The number of allylic oxidation sites excluding steroid dienone is 3. The molecule has 0 unspecified atom stereocenters. The second-order valence-corrected chi connectivity index (χ2v) is 10.5. The molecule has 2 aromatic carbocycles. The van der Waals surface area contributed by atoms with Gasteiger partial charge in [-0.05, 0) is 73.8 Å². The molecular formula is C25H26BrNO2S. The minimum atomic E-state index is -3.65. The van der Waals surface area contributed by atoms with Crippen molar-refractivity contribution >= 4 is 26.0 Å². The van der Waals surface area contributed by atoms with E-state index in [1.165, 1.54) is 15.5 Å². The second kappa shape index (κ2) is 9.78. The zero-order valence-electron chi connectivity index (χ0n) is 17.6. The number of halogens is 1. The Morgan fingerprint density at radius 3 is 2.37 bits per heavy atom. The number of hydrogen-bond acceptors (Lipinski definition) is 2. The van der Waals surface area contributed by atoms with Crippen LogP contribution < -0.4 is 0 Å². The third kappa shape index (κ3) is 5.51. The zero-order chi connectivity index (χ0) is 21.7. The quantitative estimate of drug-likeness (QED) is 0.394. The van der Waals surface area contributed by atoms with Crippen LogP contribution in [-0.4, -0.2) is 25.8 Å². The lowest BCUT2D eigenvalue weighted by Crippen LogP contribution is -2.33. The van der Waals surface area contributed by atoms with Gasteiger partial charge in [-0.3, -0.25) is 0 Å². The Balaban J connectivity index is 1.89. The van der Waals surface area contributed by atoms with Gasteiger partial charge in [0.05, 0.1) is 11.4 Å². The Hall–Kier alpha value is -2.13. The SMILES string of the molecule is CC1=C(C)CC(CN(CC#Cc2ccccc2Br)S(=O)(=O)c2ccc(C)cc2)=CC1. The maximum atomic E-state index is 13.4. The van der Waals surface area contributed by atoms with Crippen LogP contribution in [0.15, 0.2) is 80.7 Å². The van der Waals surface area contributed by atoms with Gasteiger partial charge in [-0.25, -0.2) is 8.42 Å². The monoisotopic (exact) mass is 483 g/mol. The van der Waals surface area contributed by atoms with Crippen LogP contribution in [0.5, 0.6) is 0 Å². The largest absolute Gasteiger partial charge is 0.244 e. The molecule has 156 valence electrons. The van der Waals surface area contributed by atoms with Crippen molar-refractivity contribution in [2.45, 2.75) is 38.5 Å². The molecule has 1 aliphatic carbocycles. The Labute approximate surface area is 188 Å². The van der Waals surface area contributed by atoms with Crippen molar-refractivity contribution in [3.63, 3.8) is 0 Å². The summed E-state index contributed by atoms with van der Waals surface area (Å²) in [5.41, 5.74) is 5.67. The smallest absolute Gasteiger partial charge is 0.207 e. The summed E-state index contributed by atoms with van der Waals surface area (Å²) >= 11 is 3.49. The highest BCUT2D eigenvalue weighted by atomic mass is 79.9. The maximum absolute atomic E-state index is 13.4. The van der Waals surface area contributed by atoms with Crippen LogP contribution in [0.25, 0.3) is 0 Å². The minimum Gasteiger partial charge on any atom is -0.207 e. The molecule has 0 aromatic heterocycles. The fourth-order valence-electron chi connectivity index (χ4n) is 3.25. The van der Waals surface area contributed by atoms with Crippen LogP contribution >= 0.6 is 15.9 Å². The minimum absolute atomic E-state index is 0.136. The fourth-order valence-corrected chi connectivity index (χ4v) is 4.99. The first kappa shape index (κ1) is 22.6. The van der Waals surface area contributed by atoms with Crippen molar-refractivity contribution in [3.05, 3.63) is 86.9 Å². The summed E-state index contributed by atoms with van der Waals surface area (Å²) in [5, 5.41) is 0. The molecule has 30 heavy (non-hydrogen) atoms. The normalized spacial score (nSPS) is 14.4. The molecule has 0 saturated heterocycles. The first-order valence-corrected chi connectivity index (χ1v) is 12.1. The first-order valence-electron chi connectivity index (χ1n) is 9.90. The van der Waals surface area contributed by atoms with Crippen molar-refractivity contribution < 1.29 is 8.42 Å². The maximum Gasteiger partial charge on any atom is 0.244 e. The molecule has 2 aromatic rings. The van der Waals surface area contributed by atoms with Gasteiger partial charge in [-0.1, -0.05) is 64.5 Å². The molecule has 0 spiro atoms. The molecule has 0 atom stereocenters. The van der Waals surface area contributed by atoms with Gasteiger partial charge in [-0.2, -0.15) is 4.31 Å². The van der Waals surface area contributed by atoms with Crippen LogP contribution in [0.1, 0.15) is 37.8 Å². The molecule has 3 rings (SSSR count). The predicted octanol–water partition coefficient (Wildman–Crippen LogP) is 5.86. The summed E-state index contributed by atoms with van der Waals surface area (Å²) in [4.78, 5) is 0.302. The average molecular weight is 484 g/mol. The number of nitrogens with zero attached hydrogens (tertiary/aromatic N) is 1. The van der Waals surface area contributed by atoms with E-state index in [0.29, 0.717) is 11.4 Å². The van der Waals surface area contributed by atoms with E-state index >= 15 is 0 Å². The van der Waals surface area contributed by atoms with E-state index in [2.05, 4.69) is 47.7 Å². The number of hydrogen-bond donors (Lipinski definition) is 0. The molecular weight excluding hydrogens is 458 g/mol. The van der Waals surface area contributed by atoms with E-state index in [1.54, 1.807) is 12.1 Å². The summed E-state index contributed by atoms with van der Waals surface area (Å²) in [6.45, 7) is 6.68. The third-order valence-corrected chi connectivity index (χ3v) is 7.81. The molecule has 3 nitrogen and oxygen atoms in total. The Morgan fingerprint density at radius 2 is 1.70 bits per heavy atom. The molecule has 1 aliphatic rings.